The van der Waals surface area contributed by atoms with Crippen LogP contribution in [0.1, 0.15) is 35.7 Å². The predicted octanol–water partition coefficient (Wildman–Crippen LogP) is 2.92. The van der Waals surface area contributed by atoms with Gasteiger partial charge in [-0.25, -0.2) is 13.6 Å². The van der Waals surface area contributed by atoms with E-state index in [9.17, 15) is 13.2 Å². The van der Waals surface area contributed by atoms with Crippen molar-refractivity contribution in [2.24, 2.45) is 10.6 Å². The van der Waals surface area contributed by atoms with Gasteiger partial charge in [-0.1, -0.05) is 37.6 Å². The Morgan fingerprint density at radius 1 is 1.19 bits per heavy atom. The van der Waals surface area contributed by atoms with E-state index in [2.05, 4.69) is 19.2 Å². The molecule has 1 aliphatic carbocycles. The van der Waals surface area contributed by atoms with Crippen molar-refractivity contribution in [2.75, 3.05) is 7.11 Å². The summed E-state index contributed by atoms with van der Waals surface area (Å²) in [6.45, 7) is 4.10. The first kappa shape index (κ1) is 19.7. The van der Waals surface area contributed by atoms with Crippen LogP contribution in [0.4, 0.5) is 0 Å². The van der Waals surface area contributed by atoms with Crippen LogP contribution in [0.5, 0.6) is 5.75 Å². The van der Waals surface area contributed by atoms with Gasteiger partial charge in [-0.05, 0) is 41.3 Å². The quantitative estimate of drug-likeness (QED) is 0.794. The normalized spacial score (nSPS) is 20.8. The second-order valence-electron chi connectivity index (χ2n) is 7.21. The molecule has 0 saturated heterocycles. The predicted molar refractivity (Wildman–Crippen MR) is 104 cm³/mol. The van der Waals surface area contributed by atoms with Crippen molar-refractivity contribution in [3.05, 3.63) is 58.6 Å². The molecule has 1 amide bonds. The third-order valence-corrected chi connectivity index (χ3v) is 6.25. The minimum atomic E-state index is -3.73. The summed E-state index contributed by atoms with van der Waals surface area (Å²) < 4.78 is 28.1. The highest BCUT2D eigenvalue weighted by molar-refractivity contribution is 7.89. The molecule has 3 N–H and O–H groups in total. The van der Waals surface area contributed by atoms with E-state index < -0.39 is 10.0 Å². The van der Waals surface area contributed by atoms with E-state index in [0.29, 0.717) is 16.3 Å². The van der Waals surface area contributed by atoms with Gasteiger partial charge in [0.05, 0.1) is 17.6 Å². The highest BCUT2D eigenvalue weighted by Gasteiger charge is 2.59. The first-order valence-corrected chi connectivity index (χ1v) is 10.3. The Bertz CT molecular complexity index is 987. The van der Waals surface area contributed by atoms with Crippen molar-refractivity contribution >= 4 is 27.5 Å². The molecule has 27 heavy (non-hydrogen) atoms. The number of hydrogen-bond donors (Lipinski definition) is 2. The molecule has 8 heteroatoms. The third kappa shape index (κ3) is 3.81. The van der Waals surface area contributed by atoms with Gasteiger partial charge in [0.2, 0.25) is 10.0 Å². The molecule has 0 heterocycles. The van der Waals surface area contributed by atoms with Crippen LogP contribution in [-0.4, -0.2) is 27.5 Å². The van der Waals surface area contributed by atoms with Crippen molar-refractivity contribution in [2.45, 2.75) is 30.7 Å². The SMILES string of the molecule is COc1cc(Cl)ccc1C(=O)NC1C(c2ccc(S(N)(=O)=O)cc2)C1(C)C. The molecular weight excluding hydrogens is 388 g/mol. The molecular formula is C19H21ClN2O4S. The van der Waals surface area contributed by atoms with Crippen LogP contribution < -0.4 is 15.2 Å². The van der Waals surface area contributed by atoms with Crippen LogP contribution in [-0.2, 0) is 10.0 Å². The molecule has 2 aromatic carbocycles. The number of rotatable bonds is 5. The van der Waals surface area contributed by atoms with Crippen molar-refractivity contribution < 1.29 is 17.9 Å². The van der Waals surface area contributed by atoms with Gasteiger partial charge < -0.3 is 10.1 Å². The summed E-state index contributed by atoms with van der Waals surface area (Å²) in [4.78, 5) is 12.8. The van der Waals surface area contributed by atoms with Crippen LogP contribution in [0, 0.1) is 5.41 Å². The lowest BCUT2D eigenvalue weighted by molar-refractivity contribution is 0.0943. The molecule has 0 aliphatic heterocycles. The highest BCUT2D eigenvalue weighted by atomic mass is 35.5. The van der Waals surface area contributed by atoms with Gasteiger partial charge in [0.25, 0.3) is 5.91 Å². The maximum Gasteiger partial charge on any atom is 0.255 e. The lowest BCUT2D eigenvalue weighted by Crippen LogP contribution is -2.29. The molecule has 6 nitrogen and oxygen atoms in total. The zero-order valence-electron chi connectivity index (χ0n) is 15.2. The van der Waals surface area contributed by atoms with Gasteiger partial charge in [0.1, 0.15) is 5.75 Å². The minimum Gasteiger partial charge on any atom is -0.496 e. The Labute approximate surface area is 163 Å². The highest BCUT2D eigenvalue weighted by Crippen LogP contribution is 2.58. The fraction of sp³-hybridized carbons (Fsp3) is 0.316. The summed E-state index contributed by atoms with van der Waals surface area (Å²) in [5.74, 6) is 0.229. The third-order valence-electron chi connectivity index (χ3n) is 5.09. The van der Waals surface area contributed by atoms with Crippen molar-refractivity contribution in [3.63, 3.8) is 0 Å². The second-order valence-corrected chi connectivity index (χ2v) is 9.21. The number of halogens is 1. The van der Waals surface area contributed by atoms with Crippen LogP contribution >= 0.6 is 11.6 Å². The molecule has 2 unspecified atom stereocenters. The number of benzene rings is 2. The first-order chi connectivity index (χ1) is 12.6. The van der Waals surface area contributed by atoms with E-state index in [0.717, 1.165) is 5.56 Å². The van der Waals surface area contributed by atoms with E-state index in [1.54, 1.807) is 30.3 Å². The molecule has 2 atom stereocenters. The Balaban J connectivity index is 1.79. The Morgan fingerprint density at radius 2 is 1.81 bits per heavy atom. The smallest absolute Gasteiger partial charge is 0.255 e. The molecule has 0 spiro atoms. The zero-order valence-corrected chi connectivity index (χ0v) is 16.8. The zero-order chi connectivity index (χ0) is 20.0. The lowest BCUT2D eigenvalue weighted by atomic mass is 10.0. The van der Waals surface area contributed by atoms with Gasteiger partial charge in [-0.15, -0.1) is 0 Å². The van der Waals surface area contributed by atoms with Crippen LogP contribution in [0.2, 0.25) is 5.02 Å². The van der Waals surface area contributed by atoms with Gasteiger partial charge in [0, 0.05) is 17.0 Å². The summed E-state index contributed by atoms with van der Waals surface area (Å²) in [6, 6.07) is 11.2. The van der Waals surface area contributed by atoms with Gasteiger partial charge in [0.15, 0.2) is 0 Å². The molecule has 1 saturated carbocycles. The van der Waals surface area contributed by atoms with Crippen molar-refractivity contribution in [1.82, 2.24) is 5.32 Å². The van der Waals surface area contributed by atoms with E-state index in [4.69, 9.17) is 21.5 Å². The fourth-order valence-electron chi connectivity index (χ4n) is 3.47. The monoisotopic (exact) mass is 408 g/mol. The van der Waals surface area contributed by atoms with Crippen LogP contribution in [0.3, 0.4) is 0 Å². The summed E-state index contributed by atoms with van der Waals surface area (Å²) in [7, 11) is -2.24. The Morgan fingerprint density at radius 3 is 2.37 bits per heavy atom. The number of amides is 1. The number of ether oxygens (including phenoxy) is 1. The molecule has 1 aliphatic rings. The number of methoxy groups -OCH3 is 1. The van der Waals surface area contributed by atoms with Gasteiger partial charge >= 0.3 is 0 Å². The number of carbonyl (C=O) groups excluding carboxylic acids is 1. The number of sulfonamides is 1. The number of carbonyl (C=O) groups is 1. The van der Waals surface area contributed by atoms with Gasteiger partial charge in [-0.2, -0.15) is 0 Å². The maximum absolute atomic E-state index is 12.7. The lowest BCUT2D eigenvalue weighted by Gasteiger charge is -2.10. The fourth-order valence-corrected chi connectivity index (χ4v) is 4.14. The molecule has 0 bridgehead atoms. The van der Waals surface area contributed by atoms with E-state index in [1.165, 1.54) is 19.2 Å². The number of hydrogen-bond acceptors (Lipinski definition) is 4. The van der Waals surface area contributed by atoms with E-state index >= 15 is 0 Å². The summed E-state index contributed by atoms with van der Waals surface area (Å²) in [5.41, 5.74) is 1.19. The Kier molecular flexibility index (Phi) is 4.96. The Hall–Kier alpha value is -2.09. The van der Waals surface area contributed by atoms with Crippen molar-refractivity contribution in [3.8, 4) is 5.75 Å². The van der Waals surface area contributed by atoms with E-state index in [1.807, 2.05) is 0 Å². The molecule has 144 valence electrons. The molecule has 1 fully saturated rings. The number of primary sulfonamides is 1. The standard InChI is InChI=1S/C19H21ClN2O4S/c1-19(2)16(11-4-7-13(8-5-11)27(21,24)25)17(19)22-18(23)14-9-6-12(20)10-15(14)26-3/h4-10,16-17H,1-3H3,(H,22,23)(H2,21,24,25). The number of nitrogens with two attached hydrogens (primary N) is 1. The summed E-state index contributed by atoms with van der Waals surface area (Å²) in [6.07, 6.45) is 0. The van der Waals surface area contributed by atoms with Crippen LogP contribution in [0.25, 0.3) is 0 Å². The minimum absolute atomic E-state index is 0.0641. The summed E-state index contributed by atoms with van der Waals surface area (Å²) >= 11 is 5.95. The van der Waals surface area contributed by atoms with Crippen molar-refractivity contribution in [1.29, 1.82) is 0 Å². The van der Waals surface area contributed by atoms with Gasteiger partial charge in [-0.3, -0.25) is 4.79 Å². The first-order valence-electron chi connectivity index (χ1n) is 8.33. The van der Waals surface area contributed by atoms with E-state index in [-0.39, 0.29) is 28.2 Å². The topological polar surface area (TPSA) is 98.5 Å². The average Bonchev–Trinajstić information content (AvgIpc) is 3.14. The van der Waals surface area contributed by atoms with Crippen LogP contribution in [0.15, 0.2) is 47.4 Å². The largest absolute Gasteiger partial charge is 0.496 e. The second kappa shape index (κ2) is 6.82. The number of nitrogens with one attached hydrogen (secondary N) is 1. The molecule has 3 rings (SSSR count). The molecule has 0 radical (unpaired) electrons. The average molecular weight is 409 g/mol. The molecule has 0 aromatic heterocycles. The summed E-state index contributed by atoms with van der Waals surface area (Å²) in [5, 5.41) is 8.67. The molecule has 2 aromatic rings. The maximum atomic E-state index is 12.7.